The SMILES string of the molecule is C[C@H](NC(=O)[C@H](C=O)[C@H](O)CC/C=C/C(C)(C)C)C(=O)NCCOC(=O)CC1CCCCC1. The maximum absolute atomic E-state index is 12.4. The first-order valence-electron chi connectivity index (χ1n) is 12.1. The quantitative estimate of drug-likeness (QED) is 0.126. The smallest absolute Gasteiger partial charge is 0.306 e. The van der Waals surface area contributed by atoms with Crippen LogP contribution in [-0.2, 0) is 23.9 Å². The number of aliphatic hydroxyl groups excluding tert-OH is 1. The minimum Gasteiger partial charge on any atom is -0.464 e. The van der Waals surface area contributed by atoms with Crippen molar-refractivity contribution in [1.29, 1.82) is 0 Å². The number of hydrogen-bond donors (Lipinski definition) is 3. The van der Waals surface area contributed by atoms with E-state index in [1.165, 1.54) is 13.3 Å². The summed E-state index contributed by atoms with van der Waals surface area (Å²) in [5, 5.41) is 15.3. The molecule has 1 rings (SSSR count). The zero-order valence-corrected chi connectivity index (χ0v) is 20.6. The lowest BCUT2D eigenvalue weighted by molar-refractivity contribution is -0.145. The van der Waals surface area contributed by atoms with E-state index in [9.17, 15) is 24.3 Å². The summed E-state index contributed by atoms with van der Waals surface area (Å²) in [7, 11) is 0. The summed E-state index contributed by atoms with van der Waals surface area (Å²) in [6.45, 7) is 7.84. The second-order valence-corrected chi connectivity index (χ2v) is 10.0. The highest BCUT2D eigenvalue weighted by atomic mass is 16.5. The van der Waals surface area contributed by atoms with Gasteiger partial charge in [0, 0.05) is 6.42 Å². The van der Waals surface area contributed by atoms with Gasteiger partial charge in [0.25, 0.3) is 0 Å². The van der Waals surface area contributed by atoms with Crippen LogP contribution < -0.4 is 10.6 Å². The van der Waals surface area contributed by atoms with Gasteiger partial charge in [0.05, 0.1) is 12.6 Å². The normalized spacial score (nSPS) is 17.7. The van der Waals surface area contributed by atoms with Crippen LogP contribution in [0.15, 0.2) is 12.2 Å². The molecular weight excluding hydrogens is 424 g/mol. The van der Waals surface area contributed by atoms with Gasteiger partial charge in [-0.05, 0) is 43.9 Å². The molecule has 8 heteroatoms. The van der Waals surface area contributed by atoms with E-state index in [1.807, 2.05) is 12.2 Å². The Balaban J connectivity index is 2.31. The van der Waals surface area contributed by atoms with E-state index in [1.54, 1.807) is 0 Å². The fraction of sp³-hybridized carbons (Fsp3) is 0.760. The molecule has 0 unspecified atom stereocenters. The second-order valence-electron chi connectivity index (χ2n) is 10.0. The fourth-order valence-electron chi connectivity index (χ4n) is 3.76. The molecule has 0 heterocycles. The molecule has 0 aliphatic heterocycles. The van der Waals surface area contributed by atoms with Crippen molar-refractivity contribution < 1.29 is 29.0 Å². The Kier molecular flexibility index (Phi) is 13.0. The Morgan fingerprint density at radius 3 is 2.39 bits per heavy atom. The number of amides is 2. The monoisotopic (exact) mass is 466 g/mol. The Morgan fingerprint density at radius 1 is 1.12 bits per heavy atom. The van der Waals surface area contributed by atoms with E-state index < -0.39 is 29.9 Å². The minimum atomic E-state index is -1.25. The highest BCUT2D eigenvalue weighted by Gasteiger charge is 2.28. The van der Waals surface area contributed by atoms with Gasteiger partial charge in [-0.3, -0.25) is 14.4 Å². The molecule has 0 aromatic rings. The number of aldehydes is 1. The molecule has 0 aromatic heterocycles. The number of ether oxygens (including phenoxy) is 1. The van der Waals surface area contributed by atoms with E-state index in [2.05, 4.69) is 31.4 Å². The van der Waals surface area contributed by atoms with Crippen LogP contribution in [-0.4, -0.2) is 54.5 Å². The number of esters is 1. The van der Waals surface area contributed by atoms with Crippen molar-refractivity contribution >= 4 is 24.1 Å². The molecule has 0 spiro atoms. The Bertz CT molecular complexity index is 664. The van der Waals surface area contributed by atoms with Crippen molar-refractivity contribution in [2.45, 2.75) is 91.2 Å². The largest absolute Gasteiger partial charge is 0.464 e. The van der Waals surface area contributed by atoms with Gasteiger partial charge in [0.1, 0.15) is 24.9 Å². The molecule has 0 radical (unpaired) electrons. The number of aliphatic hydroxyl groups is 1. The molecule has 0 aromatic carbocycles. The van der Waals surface area contributed by atoms with E-state index >= 15 is 0 Å². The molecule has 1 fully saturated rings. The summed E-state index contributed by atoms with van der Waals surface area (Å²) >= 11 is 0. The number of nitrogens with one attached hydrogen (secondary N) is 2. The maximum Gasteiger partial charge on any atom is 0.306 e. The first-order valence-corrected chi connectivity index (χ1v) is 12.1. The topological polar surface area (TPSA) is 122 Å². The third kappa shape index (κ3) is 12.6. The van der Waals surface area contributed by atoms with Gasteiger partial charge in [-0.15, -0.1) is 0 Å². The zero-order chi connectivity index (χ0) is 24.9. The van der Waals surface area contributed by atoms with Crippen LogP contribution >= 0.6 is 0 Å². The molecule has 1 aliphatic carbocycles. The molecule has 0 saturated heterocycles. The average Bonchev–Trinajstić information content (AvgIpc) is 2.74. The van der Waals surface area contributed by atoms with E-state index in [4.69, 9.17) is 4.74 Å². The van der Waals surface area contributed by atoms with Gasteiger partial charge in [0.15, 0.2) is 0 Å². The third-order valence-electron chi connectivity index (χ3n) is 5.71. The number of hydrogen-bond acceptors (Lipinski definition) is 6. The summed E-state index contributed by atoms with van der Waals surface area (Å²) in [5.74, 6) is -2.26. The van der Waals surface area contributed by atoms with Gasteiger partial charge in [-0.2, -0.15) is 0 Å². The summed E-state index contributed by atoms with van der Waals surface area (Å²) in [5.41, 5.74) is 0.0168. The Hall–Kier alpha value is -2.22. The van der Waals surface area contributed by atoms with E-state index in [-0.39, 0.29) is 31.0 Å². The second kappa shape index (κ2) is 14.8. The van der Waals surface area contributed by atoms with Crippen molar-refractivity contribution in [3.8, 4) is 0 Å². The number of carbonyl (C=O) groups excluding carboxylic acids is 4. The molecule has 33 heavy (non-hydrogen) atoms. The maximum atomic E-state index is 12.4. The standard InChI is InChI=1S/C25H42N2O6/c1-18(23(31)26-14-15-33-22(30)16-19-10-6-5-7-11-19)27-24(32)20(17-28)21(29)12-8-9-13-25(2,3)4/h9,13,17-21,29H,5-8,10-12,14-16H2,1-4H3,(H,26,31)(H,27,32)/b13-9+/t18-,20+,21+/m0/s1. The summed E-state index contributed by atoms with van der Waals surface area (Å²) < 4.78 is 5.18. The minimum absolute atomic E-state index is 0.0168. The molecule has 0 bridgehead atoms. The van der Waals surface area contributed by atoms with Gasteiger partial charge in [-0.1, -0.05) is 52.2 Å². The number of allylic oxidation sites excluding steroid dienone is 2. The predicted molar refractivity (Wildman–Crippen MR) is 126 cm³/mol. The summed E-state index contributed by atoms with van der Waals surface area (Å²) in [6, 6.07) is -0.897. The Morgan fingerprint density at radius 2 is 1.79 bits per heavy atom. The zero-order valence-electron chi connectivity index (χ0n) is 20.6. The Labute approximate surface area is 197 Å². The van der Waals surface area contributed by atoms with Gasteiger partial charge < -0.3 is 25.3 Å². The fourth-order valence-corrected chi connectivity index (χ4v) is 3.76. The van der Waals surface area contributed by atoms with Gasteiger partial charge in [-0.25, -0.2) is 0 Å². The van der Waals surface area contributed by atoms with Crippen LogP contribution in [0.3, 0.4) is 0 Å². The van der Waals surface area contributed by atoms with Crippen LogP contribution in [0, 0.1) is 17.3 Å². The lowest BCUT2D eigenvalue weighted by Crippen LogP contribution is -2.49. The molecule has 3 atom stereocenters. The molecule has 188 valence electrons. The van der Waals surface area contributed by atoms with Crippen LogP contribution in [0.4, 0.5) is 0 Å². The molecule has 1 aliphatic rings. The summed E-state index contributed by atoms with van der Waals surface area (Å²) in [6.07, 6.45) is 10.1. The van der Waals surface area contributed by atoms with E-state index in [0.29, 0.717) is 25.0 Å². The molecule has 1 saturated carbocycles. The lowest BCUT2D eigenvalue weighted by atomic mass is 9.87. The van der Waals surface area contributed by atoms with Crippen molar-refractivity contribution in [3.63, 3.8) is 0 Å². The van der Waals surface area contributed by atoms with Crippen LogP contribution in [0.5, 0.6) is 0 Å². The average molecular weight is 467 g/mol. The first-order chi connectivity index (χ1) is 15.5. The van der Waals surface area contributed by atoms with Crippen molar-refractivity contribution in [2.24, 2.45) is 17.3 Å². The molecule has 2 amide bonds. The highest BCUT2D eigenvalue weighted by molar-refractivity contribution is 5.95. The number of rotatable bonds is 13. The predicted octanol–water partition coefficient (Wildman–Crippen LogP) is 2.68. The third-order valence-corrected chi connectivity index (χ3v) is 5.71. The van der Waals surface area contributed by atoms with Crippen LogP contribution in [0.2, 0.25) is 0 Å². The van der Waals surface area contributed by atoms with Crippen molar-refractivity contribution in [3.05, 3.63) is 12.2 Å². The van der Waals surface area contributed by atoms with Crippen LogP contribution in [0.25, 0.3) is 0 Å². The van der Waals surface area contributed by atoms with Crippen molar-refractivity contribution in [2.75, 3.05) is 13.2 Å². The van der Waals surface area contributed by atoms with Gasteiger partial charge in [0.2, 0.25) is 11.8 Å². The van der Waals surface area contributed by atoms with Gasteiger partial charge >= 0.3 is 5.97 Å². The molecule has 3 N–H and O–H groups in total. The first kappa shape index (κ1) is 28.8. The van der Waals surface area contributed by atoms with Crippen LogP contribution in [0.1, 0.15) is 79.1 Å². The number of carbonyl (C=O) groups is 4. The van der Waals surface area contributed by atoms with Crippen molar-refractivity contribution in [1.82, 2.24) is 10.6 Å². The summed E-state index contributed by atoms with van der Waals surface area (Å²) in [4.78, 5) is 47.8. The highest BCUT2D eigenvalue weighted by Crippen LogP contribution is 2.26. The lowest BCUT2D eigenvalue weighted by Gasteiger charge is -2.21. The molecular formula is C25H42N2O6. The molecule has 8 nitrogen and oxygen atoms in total. The van der Waals surface area contributed by atoms with E-state index in [0.717, 1.165) is 25.7 Å².